The van der Waals surface area contributed by atoms with Gasteiger partial charge in [0.1, 0.15) is 17.2 Å². The van der Waals surface area contributed by atoms with Crippen molar-refractivity contribution < 1.29 is 22.3 Å². The zero-order valence-corrected chi connectivity index (χ0v) is 11.4. The highest BCUT2D eigenvalue weighted by atomic mass is 19.4. The molecule has 3 rings (SSSR count). The molecular formula is C15H10F4N2O. The highest BCUT2D eigenvalue weighted by molar-refractivity contribution is 5.72. The van der Waals surface area contributed by atoms with Crippen LogP contribution in [0.2, 0.25) is 0 Å². The van der Waals surface area contributed by atoms with Crippen molar-refractivity contribution in [2.75, 3.05) is 7.11 Å². The fourth-order valence-corrected chi connectivity index (χ4v) is 2.20. The third-order valence-corrected chi connectivity index (χ3v) is 3.23. The third-order valence-electron chi connectivity index (χ3n) is 3.23. The Kier molecular flexibility index (Phi) is 3.27. The van der Waals surface area contributed by atoms with Crippen molar-refractivity contribution in [3.8, 4) is 16.9 Å². The van der Waals surface area contributed by atoms with Gasteiger partial charge in [-0.25, -0.2) is 9.37 Å². The molecule has 0 spiro atoms. The van der Waals surface area contributed by atoms with Crippen LogP contribution in [0.5, 0.6) is 5.75 Å². The van der Waals surface area contributed by atoms with E-state index in [2.05, 4.69) is 4.98 Å². The molecule has 0 radical (unpaired) electrons. The summed E-state index contributed by atoms with van der Waals surface area (Å²) in [5, 5.41) is 0. The molecular weight excluding hydrogens is 300 g/mol. The number of hydrogen-bond donors (Lipinski definition) is 0. The SMILES string of the molecule is COc1cc2nc(C(F)(F)F)cn2cc1-c1ccccc1F. The number of aromatic nitrogens is 2. The molecule has 0 saturated heterocycles. The Morgan fingerprint density at radius 2 is 1.82 bits per heavy atom. The third kappa shape index (κ3) is 2.38. The Morgan fingerprint density at radius 3 is 2.45 bits per heavy atom. The summed E-state index contributed by atoms with van der Waals surface area (Å²) >= 11 is 0. The smallest absolute Gasteiger partial charge is 0.434 e. The molecule has 0 N–H and O–H groups in total. The Hall–Kier alpha value is -2.57. The molecule has 7 heteroatoms. The Morgan fingerprint density at radius 1 is 1.09 bits per heavy atom. The molecule has 0 aliphatic carbocycles. The summed E-state index contributed by atoms with van der Waals surface area (Å²) in [6.45, 7) is 0. The van der Waals surface area contributed by atoms with Gasteiger partial charge in [0.2, 0.25) is 0 Å². The second kappa shape index (κ2) is 5.01. The first-order valence-electron chi connectivity index (χ1n) is 6.29. The number of nitrogens with zero attached hydrogens (tertiary/aromatic N) is 2. The number of halogens is 4. The Labute approximate surface area is 122 Å². The number of methoxy groups -OCH3 is 1. The van der Waals surface area contributed by atoms with Crippen molar-refractivity contribution in [1.82, 2.24) is 9.38 Å². The summed E-state index contributed by atoms with van der Waals surface area (Å²) in [7, 11) is 1.36. The molecule has 22 heavy (non-hydrogen) atoms. The Bertz CT molecular complexity index is 839. The number of fused-ring (bicyclic) bond motifs is 1. The van der Waals surface area contributed by atoms with Gasteiger partial charge >= 0.3 is 6.18 Å². The van der Waals surface area contributed by atoms with Crippen LogP contribution in [0.25, 0.3) is 16.8 Å². The normalized spacial score (nSPS) is 11.9. The molecule has 0 aliphatic rings. The zero-order chi connectivity index (χ0) is 15.9. The van der Waals surface area contributed by atoms with E-state index in [-0.39, 0.29) is 17.0 Å². The molecule has 0 fully saturated rings. The van der Waals surface area contributed by atoms with E-state index in [1.165, 1.54) is 42.0 Å². The van der Waals surface area contributed by atoms with Crippen LogP contribution in [0.1, 0.15) is 5.69 Å². The molecule has 1 aromatic carbocycles. The van der Waals surface area contributed by atoms with Gasteiger partial charge in [0.15, 0.2) is 5.69 Å². The van der Waals surface area contributed by atoms with E-state index in [1.807, 2.05) is 0 Å². The minimum Gasteiger partial charge on any atom is -0.496 e. The maximum absolute atomic E-state index is 13.9. The first-order chi connectivity index (χ1) is 10.4. The van der Waals surface area contributed by atoms with Crippen LogP contribution < -0.4 is 4.74 Å². The molecule has 3 aromatic rings. The molecule has 0 atom stereocenters. The summed E-state index contributed by atoms with van der Waals surface area (Å²) in [6, 6.07) is 7.31. The molecule has 2 aromatic heterocycles. The van der Waals surface area contributed by atoms with E-state index in [4.69, 9.17) is 4.74 Å². The summed E-state index contributed by atoms with van der Waals surface area (Å²) in [5.74, 6) is -0.242. The van der Waals surface area contributed by atoms with Crippen molar-refractivity contribution in [2.24, 2.45) is 0 Å². The van der Waals surface area contributed by atoms with Crippen LogP contribution >= 0.6 is 0 Å². The number of benzene rings is 1. The van der Waals surface area contributed by atoms with Gasteiger partial charge in [0, 0.05) is 29.6 Å². The highest BCUT2D eigenvalue weighted by Gasteiger charge is 2.34. The molecule has 0 aliphatic heterocycles. The van der Waals surface area contributed by atoms with Crippen LogP contribution in [-0.4, -0.2) is 16.5 Å². The standard InChI is InChI=1S/C15H10F4N2O/c1-22-12-6-14-20-13(15(17,18)19)8-21(14)7-10(12)9-4-2-3-5-11(9)16/h2-8H,1H3. The summed E-state index contributed by atoms with van der Waals surface area (Å²) in [4.78, 5) is 3.51. The van der Waals surface area contributed by atoms with E-state index in [0.29, 0.717) is 5.56 Å². The first kappa shape index (κ1) is 14.4. The van der Waals surface area contributed by atoms with Gasteiger partial charge in [-0.05, 0) is 6.07 Å². The molecule has 0 unspecified atom stereocenters. The quantitative estimate of drug-likeness (QED) is 0.664. The lowest BCUT2D eigenvalue weighted by molar-refractivity contribution is -0.140. The number of ether oxygens (including phenoxy) is 1. The minimum atomic E-state index is -4.54. The van der Waals surface area contributed by atoms with Gasteiger partial charge in [-0.1, -0.05) is 18.2 Å². The van der Waals surface area contributed by atoms with Crippen molar-refractivity contribution in [3.05, 3.63) is 54.2 Å². The Balaban J connectivity index is 2.24. The van der Waals surface area contributed by atoms with E-state index >= 15 is 0 Å². The predicted octanol–water partition coefficient (Wildman–Crippen LogP) is 4.17. The van der Waals surface area contributed by atoms with Gasteiger partial charge in [0.25, 0.3) is 0 Å². The fourth-order valence-electron chi connectivity index (χ4n) is 2.20. The van der Waals surface area contributed by atoms with Crippen molar-refractivity contribution in [1.29, 1.82) is 0 Å². The second-order valence-electron chi connectivity index (χ2n) is 4.62. The van der Waals surface area contributed by atoms with Gasteiger partial charge in [0.05, 0.1) is 7.11 Å². The van der Waals surface area contributed by atoms with E-state index in [1.54, 1.807) is 6.07 Å². The van der Waals surface area contributed by atoms with Crippen LogP contribution in [0.3, 0.4) is 0 Å². The van der Waals surface area contributed by atoms with Gasteiger partial charge < -0.3 is 9.14 Å². The average molecular weight is 310 g/mol. The lowest BCUT2D eigenvalue weighted by Gasteiger charge is -2.10. The lowest BCUT2D eigenvalue weighted by Crippen LogP contribution is -2.04. The largest absolute Gasteiger partial charge is 0.496 e. The van der Waals surface area contributed by atoms with Gasteiger partial charge in [-0.3, -0.25) is 0 Å². The number of rotatable bonds is 2. The second-order valence-corrected chi connectivity index (χ2v) is 4.62. The maximum Gasteiger partial charge on any atom is 0.434 e. The highest BCUT2D eigenvalue weighted by Crippen LogP contribution is 2.34. The molecule has 0 amide bonds. The number of imidazole rings is 1. The average Bonchev–Trinajstić information content (AvgIpc) is 2.89. The molecule has 2 heterocycles. The molecule has 0 saturated carbocycles. The van der Waals surface area contributed by atoms with Gasteiger partial charge in [-0.2, -0.15) is 13.2 Å². The summed E-state index contributed by atoms with van der Waals surface area (Å²) in [6.07, 6.45) is -2.31. The minimum absolute atomic E-state index is 0.0734. The van der Waals surface area contributed by atoms with Crippen molar-refractivity contribution in [3.63, 3.8) is 0 Å². The first-order valence-corrected chi connectivity index (χ1v) is 6.29. The zero-order valence-electron chi connectivity index (χ0n) is 11.4. The number of hydrogen-bond acceptors (Lipinski definition) is 2. The van der Waals surface area contributed by atoms with E-state index in [0.717, 1.165) is 6.20 Å². The molecule has 3 nitrogen and oxygen atoms in total. The molecule has 0 bridgehead atoms. The lowest BCUT2D eigenvalue weighted by atomic mass is 10.1. The number of pyridine rings is 1. The topological polar surface area (TPSA) is 26.5 Å². The van der Waals surface area contributed by atoms with E-state index < -0.39 is 17.7 Å². The number of alkyl halides is 3. The summed E-state index contributed by atoms with van der Waals surface area (Å²) < 4.78 is 58.5. The van der Waals surface area contributed by atoms with Crippen LogP contribution in [0.4, 0.5) is 17.6 Å². The van der Waals surface area contributed by atoms with Crippen LogP contribution in [0, 0.1) is 5.82 Å². The van der Waals surface area contributed by atoms with Crippen LogP contribution in [0.15, 0.2) is 42.7 Å². The van der Waals surface area contributed by atoms with E-state index in [9.17, 15) is 17.6 Å². The maximum atomic E-state index is 13.9. The van der Waals surface area contributed by atoms with Crippen molar-refractivity contribution >= 4 is 5.65 Å². The predicted molar refractivity (Wildman–Crippen MR) is 72.1 cm³/mol. The van der Waals surface area contributed by atoms with Crippen molar-refractivity contribution in [2.45, 2.75) is 6.18 Å². The monoisotopic (exact) mass is 310 g/mol. The van der Waals surface area contributed by atoms with Crippen LogP contribution in [-0.2, 0) is 6.18 Å². The molecule has 114 valence electrons. The fraction of sp³-hybridized carbons (Fsp3) is 0.133. The van der Waals surface area contributed by atoms with Gasteiger partial charge in [-0.15, -0.1) is 0 Å². The summed E-state index contributed by atoms with van der Waals surface area (Å²) in [5.41, 5.74) is -0.354.